The summed E-state index contributed by atoms with van der Waals surface area (Å²) in [5.41, 5.74) is 1.07. The fourth-order valence-corrected chi connectivity index (χ4v) is 1.56. The van der Waals surface area contributed by atoms with Gasteiger partial charge in [-0.15, -0.1) is 0 Å². The number of aryl methyl sites for hydroxylation is 1. The number of ether oxygens (including phenoxy) is 1. The summed E-state index contributed by atoms with van der Waals surface area (Å²) in [6.45, 7) is 7.88. The first-order valence-electron chi connectivity index (χ1n) is 5.38. The van der Waals surface area contributed by atoms with Gasteiger partial charge in [0.05, 0.1) is 18.3 Å². The molecule has 3 heteroatoms. The second kappa shape index (κ2) is 5.81. The van der Waals surface area contributed by atoms with E-state index in [0.717, 1.165) is 31.7 Å². The van der Waals surface area contributed by atoms with Crippen molar-refractivity contribution in [1.82, 2.24) is 9.78 Å². The maximum atomic E-state index is 5.63. The Morgan fingerprint density at radius 2 is 2.29 bits per heavy atom. The topological polar surface area (TPSA) is 27.1 Å². The van der Waals surface area contributed by atoms with Crippen LogP contribution in [0, 0.1) is 6.92 Å². The third kappa shape index (κ3) is 3.50. The zero-order valence-corrected chi connectivity index (χ0v) is 9.36. The predicted octanol–water partition coefficient (Wildman–Crippen LogP) is 2.40. The fraction of sp³-hybridized carbons (Fsp3) is 0.727. The van der Waals surface area contributed by atoms with Gasteiger partial charge in [0.1, 0.15) is 0 Å². The van der Waals surface area contributed by atoms with Crippen molar-refractivity contribution in [2.45, 2.75) is 46.3 Å². The largest absolute Gasteiger partial charge is 0.377 e. The van der Waals surface area contributed by atoms with E-state index in [0.29, 0.717) is 6.10 Å². The molecule has 0 bridgehead atoms. The van der Waals surface area contributed by atoms with Gasteiger partial charge in [-0.3, -0.25) is 4.68 Å². The molecule has 14 heavy (non-hydrogen) atoms. The third-order valence-corrected chi connectivity index (χ3v) is 2.18. The molecule has 1 aromatic rings. The second-order valence-corrected chi connectivity index (χ2v) is 3.55. The molecule has 0 spiro atoms. The molecule has 1 rings (SSSR count). The van der Waals surface area contributed by atoms with Crippen molar-refractivity contribution >= 4 is 0 Å². The molecule has 0 radical (unpaired) electrons. The normalized spacial score (nSPS) is 13.1. The molecule has 0 amide bonds. The van der Waals surface area contributed by atoms with E-state index < -0.39 is 0 Å². The summed E-state index contributed by atoms with van der Waals surface area (Å²) in [7, 11) is 0. The summed E-state index contributed by atoms with van der Waals surface area (Å²) in [5, 5.41) is 4.35. The smallest absolute Gasteiger partial charge is 0.0770 e. The van der Waals surface area contributed by atoms with Crippen LogP contribution in [-0.2, 0) is 11.3 Å². The van der Waals surface area contributed by atoms with E-state index in [1.807, 2.05) is 30.8 Å². The summed E-state index contributed by atoms with van der Waals surface area (Å²) in [6.07, 6.45) is 4.58. The van der Waals surface area contributed by atoms with Crippen molar-refractivity contribution in [3.63, 3.8) is 0 Å². The van der Waals surface area contributed by atoms with E-state index in [9.17, 15) is 0 Å². The van der Waals surface area contributed by atoms with Crippen molar-refractivity contribution in [2.75, 3.05) is 6.61 Å². The quantitative estimate of drug-likeness (QED) is 0.698. The summed E-state index contributed by atoms with van der Waals surface area (Å²) >= 11 is 0. The highest BCUT2D eigenvalue weighted by molar-refractivity contribution is 4.94. The van der Waals surface area contributed by atoms with Gasteiger partial charge in [-0.1, -0.05) is 13.3 Å². The van der Waals surface area contributed by atoms with Crippen molar-refractivity contribution < 1.29 is 4.74 Å². The van der Waals surface area contributed by atoms with Gasteiger partial charge in [-0.2, -0.15) is 5.10 Å². The Morgan fingerprint density at radius 3 is 2.79 bits per heavy atom. The highest BCUT2D eigenvalue weighted by Gasteiger charge is 2.08. The van der Waals surface area contributed by atoms with Crippen molar-refractivity contribution in [3.8, 4) is 0 Å². The molecule has 1 unspecified atom stereocenters. The van der Waals surface area contributed by atoms with E-state index in [4.69, 9.17) is 4.74 Å². The molecular formula is C11H20N2O. The number of hydrogen-bond donors (Lipinski definition) is 0. The molecular weight excluding hydrogens is 176 g/mol. The molecule has 0 fully saturated rings. The second-order valence-electron chi connectivity index (χ2n) is 3.55. The number of rotatable bonds is 6. The van der Waals surface area contributed by atoms with E-state index in [2.05, 4.69) is 12.0 Å². The summed E-state index contributed by atoms with van der Waals surface area (Å²) in [5.74, 6) is 0. The molecule has 3 nitrogen and oxygen atoms in total. The molecule has 1 heterocycles. The average molecular weight is 196 g/mol. The van der Waals surface area contributed by atoms with Gasteiger partial charge in [0.2, 0.25) is 0 Å². The highest BCUT2D eigenvalue weighted by atomic mass is 16.5. The van der Waals surface area contributed by atoms with E-state index in [1.54, 1.807) is 0 Å². The van der Waals surface area contributed by atoms with E-state index >= 15 is 0 Å². The number of hydrogen-bond acceptors (Lipinski definition) is 2. The maximum absolute atomic E-state index is 5.63. The van der Waals surface area contributed by atoms with Gasteiger partial charge in [-0.05, 0) is 26.3 Å². The molecule has 0 saturated carbocycles. The standard InChI is InChI=1S/C11H20N2O/c1-4-6-11(14-5-2)9-13-8-7-10(3)12-13/h7-8,11H,4-6,9H2,1-3H3. The minimum Gasteiger partial charge on any atom is -0.377 e. The van der Waals surface area contributed by atoms with Crippen LogP contribution in [0.1, 0.15) is 32.4 Å². The first-order chi connectivity index (χ1) is 6.76. The molecule has 0 saturated heterocycles. The zero-order chi connectivity index (χ0) is 10.4. The molecule has 0 aliphatic heterocycles. The van der Waals surface area contributed by atoms with Crippen LogP contribution in [0.3, 0.4) is 0 Å². The summed E-state index contributed by atoms with van der Waals surface area (Å²) in [4.78, 5) is 0. The predicted molar refractivity (Wildman–Crippen MR) is 57.3 cm³/mol. The van der Waals surface area contributed by atoms with Crippen LogP contribution in [0.25, 0.3) is 0 Å². The Morgan fingerprint density at radius 1 is 1.50 bits per heavy atom. The fourth-order valence-electron chi connectivity index (χ4n) is 1.56. The van der Waals surface area contributed by atoms with Crippen LogP contribution < -0.4 is 0 Å². The third-order valence-electron chi connectivity index (χ3n) is 2.18. The first-order valence-corrected chi connectivity index (χ1v) is 5.38. The Balaban J connectivity index is 2.46. The maximum Gasteiger partial charge on any atom is 0.0770 e. The summed E-state index contributed by atoms with van der Waals surface area (Å²) in [6, 6.07) is 2.02. The number of nitrogens with zero attached hydrogens (tertiary/aromatic N) is 2. The lowest BCUT2D eigenvalue weighted by atomic mass is 10.2. The molecule has 0 N–H and O–H groups in total. The van der Waals surface area contributed by atoms with Crippen LogP contribution in [0.4, 0.5) is 0 Å². The van der Waals surface area contributed by atoms with Gasteiger partial charge in [0.15, 0.2) is 0 Å². The molecule has 80 valence electrons. The molecule has 1 atom stereocenters. The number of aromatic nitrogens is 2. The van der Waals surface area contributed by atoms with E-state index in [-0.39, 0.29) is 0 Å². The molecule has 0 aromatic carbocycles. The van der Waals surface area contributed by atoms with Crippen LogP contribution >= 0.6 is 0 Å². The molecule has 0 aliphatic rings. The molecule has 1 aromatic heterocycles. The van der Waals surface area contributed by atoms with Crippen LogP contribution in [0.5, 0.6) is 0 Å². The highest BCUT2D eigenvalue weighted by Crippen LogP contribution is 2.05. The Labute approximate surface area is 86.1 Å². The molecule has 0 aliphatic carbocycles. The van der Waals surface area contributed by atoms with E-state index in [1.165, 1.54) is 0 Å². The van der Waals surface area contributed by atoms with Gasteiger partial charge < -0.3 is 4.74 Å². The van der Waals surface area contributed by atoms with Crippen LogP contribution in [-0.4, -0.2) is 22.5 Å². The lowest BCUT2D eigenvalue weighted by Crippen LogP contribution is -2.20. The van der Waals surface area contributed by atoms with Gasteiger partial charge in [-0.25, -0.2) is 0 Å². The summed E-state index contributed by atoms with van der Waals surface area (Å²) < 4.78 is 7.60. The first kappa shape index (κ1) is 11.2. The van der Waals surface area contributed by atoms with Crippen molar-refractivity contribution in [3.05, 3.63) is 18.0 Å². The lowest BCUT2D eigenvalue weighted by Gasteiger charge is -2.15. The van der Waals surface area contributed by atoms with Crippen molar-refractivity contribution in [2.24, 2.45) is 0 Å². The van der Waals surface area contributed by atoms with Gasteiger partial charge >= 0.3 is 0 Å². The zero-order valence-electron chi connectivity index (χ0n) is 9.36. The Bertz CT molecular complexity index is 252. The Hall–Kier alpha value is -0.830. The monoisotopic (exact) mass is 196 g/mol. The van der Waals surface area contributed by atoms with Gasteiger partial charge in [0.25, 0.3) is 0 Å². The minimum atomic E-state index is 0.310. The van der Waals surface area contributed by atoms with Crippen LogP contribution in [0.2, 0.25) is 0 Å². The van der Waals surface area contributed by atoms with Crippen LogP contribution in [0.15, 0.2) is 12.3 Å². The Kier molecular flexibility index (Phi) is 4.66. The lowest BCUT2D eigenvalue weighted by molar-refractivity contribution is 0.0415. The average Bonchev–Trinajstić information content (AvgIpc) is 2.52. The minimum absolute atomic E-state index is 0.310. The van der Waals surface area contributed by atoms with Crippen molar-refractivity contribution in [1.29, 1.82) is 0 Å². The van der Waals surface area contributed by atoms with Gasteiger partial charge in [0, 0.05) is 12.8 Å². The SMILES string of the molecule is CCCC(Cn1ccc(C)n1)OCC.